The smallest absolute Gasteiger partial charge is 0.350 e. The molecule has 2 aliphatic heterocycles. The van der Waals surface area contributed by atoms with Crippen LogP contribution < -0.4 is 10.6 Å². The van der Waals surface area contributed by atoms with E-state index in [0.717, 1.165) is 25.5 Å². The second-order valence-electron chi connectivity index (χ2n) is 4.28. The molecule has 0 N–H and O–H groups in total. The average Bonchev–Trinajstić information content (AvgIpc) is 2.21. The van der Waals surface area contributed by atoms with Gasteiger partial charge in [-0.05, 0) is 18.8 Å². The van der Waals surface area contributed by atoms with Gasteiger partial charge in [-0.1, -0.05) is 11.6 Å². The molecule has 0 unspecified atom stereocenters. The number of nitrogens with zero attached hydrogens (tertiary/aromatic N) is 3. The van der Waals surface area contributed by atoms with E-state index in [9.17, 15) is 4.79 Å². The molecule has 3 rings (SSSR count). The fourth-order valence-electron chi connectivity index (χ4n) is 2.58. The van der Waals surface area contributed by atoms with E-state index in [-0.39, 0.29) is 5.69 Å². The first-order valence-corrected chi connectivity index (χ1v) is 5.64. The Hall–Kier alpha value is -1.03. The van der Waals surface area contributed by atoms with Crippen LogP contribution in [0.4, 0.5) is 5.82 Å². The maximum absolute atomic E-state index is 11.7. The molecular weight excluding hydrogens is 214 g/mol. The quantitative estimate of drug-likeness (QED) is 0.622. The van der Waals surface area contributed by atoms with Crippen LogP contribution >= 0.6 is 11.6 Å². The van der Waals surface area contributed by atoms with E-state index in [1.165, 1.54) is 12.8 Å². The molecule has 0 radical (unpaired) electrons. The van der Waals surface area contributed by atoms with Crippen LogP contribution in [0.15, 0.2) is 10.9 Å². The van der Waals surface area contributed by atoms with E-state index < -0.39 is 0 Å². The number of halogens is 1. The molecule has 1 atom stereocenters. The van der Waals surface area contributed by atoms with Crippen LogP contribution in [0.25, 0.3) is 0 Å². The summed E-state index contributed by atoms with van der Waals surface area (Å²) >= 11 is 5.81. The van der Waals surface area contributed by atoms with Crippen molar-refractivity contribution in [3.05, 3.63) is 21.7 Å². The number of hydrogen-bond donors (Lipinski definition) is 0. The Morgan fingerprint density at radius 1 is 1.47 bits per heavy atom. The van der Waals surface area contributed by atoms with Gasteiger partial charge in [0.15, 0.2) is 0 Å². The SMILES string of the molecule is O=c1nc(Cl)cc2n1C[C@@H]1CCCN2C1. The summed E-state index contributed by atoms with van der Waals surface area (Å²) in [5.41, 5.74) is -0.214. The van der Waals surface area contributed by atoms with E-state index >= 15 is 0 Å². The van der Waals surface area contributed by atoms with Crippen LogP contribution in [0.2, 0.25) is 5.15 Å². The molecule has 1 aromatic heterocycles. The van der Waals surface area contributed by atoms with Crippen LogP contribution in [0.1, 0.15) is 12.8 Å². The molecule has 1 fully saturated rings. The molecule has 0 saturated carbocycles. The largest absolute Gasteiger partial charge is 0.357 e. The molecule has 5 heteroatoms. The van der Waals surface area contributed by atoms with Crippen LogP contribution in [0, 0.1) is 5.92 Å². The third-order valence-electron chi connectivity index (χ3n) is 3.24. The number of hydrogen-bond acceptors (Lipinski definition) is 3. The van der Waals surface area contributed by atoms with Crippen molar-refractivity contribution in [2.24, 2.45) is 5.92 Å². The van der Waals surface area contributed by atoms with Crippen molar-refractivity contribution >= 4 is 17.4 Å². The Balaban J connectivity index is 2.17. The summed E-state index contributed by atoms with van der Waals surface area (Å²) in [5, 5.41) is 0.301. The molecule has 15 heavy (non-hydrogen) atoms. The summed E-state index contributed by atoms with van der Waals surface area (Å²) in [6.07, 6.45) is 2.42. The zero-order valence-corrected chi connectivity index (χ0v) is 9.07. The second-order valence-corrected chi connectivity index (χ2v) is 4.67. The average molecular weight is 226 g/mol. The molecular formula is C10H12ClN3O. The Kier molecular flexibility index (Phi) is 1.99. The summed E-state index contributed by atoms with van der Waals surface area (Å²) < 4.78 is 1.75. The van der Waals surface area contributed by atoms with Gasteiger partial charge in [0.25, 0.3) is 0 Å². The van der Waals surface area contributed by atoms with Crippen molar-refractivity contribution in [2.45, 2.75) is 19.4 Å². The Bertz CT molecular complexity index is 456. The number of fused-ring (bicyclic) bond motifs is 4. The number of anilines is 1. The van der Waals surface area contributed by atoms with Gasteiger partial charge in [-0.15, -0.1) is 0 Å². The lowest BCUT2D eigenvalue weighted by Gasteiger charge is -2.40. The normalized spacial score (nSPS) is 23.8. The monoisotopic (exact) mass is 225 g/mol. The first-order chi connectivity index (χ1) is 7.24. The van der Waals surface area contributed by atoms with Gasteiger partial charge in [-0.3, -0.25) is 4.57 Å². The van der Waals surface area contributed by atoms with Gasteiger partial charge < -0.3 is 4.90 Å². The predicted molar refractivity (Wildman–Crippen MR) is 58.4 cm³/mol. The van der Waals surface area contributed by atoms with E-state index in [1.807, 2.05) is 0 Å². The summed E-state index contributed by atoms with van der Waals surface area (Å²) in [5.74, 6) is 1.54. The molecule has 1 saturated heterocycles. The van der Waals surface area contributed by atoms with Gasteiger partial charge in [-0.25, -0.2) is 4.79 Å². The molecule has 3 heterocycles. The molecule has 80 valence electrons. The summed E-state index contributed by atoms with van der Waals surface area (Å²) in [7, 11) is 0. The lowest BCUT2D eigenvalue weighted by molar-refractivity contribution is 0.326. The highest BCUT2D eigenvalue weighted by molar-refractivity contribution is 6.29. The van der Waals surface area contributed by atoms with Crippen LogP contribution in [0.5, 0.6) is 0 Å². The number of rotatable bonds is 0. The van der Waals surface area contributed by atoms with Gasteiger partial charge >= 0.3 is 5.69 Å². The zero-order valence-electron chi connectivity index (χ0n) is 8.32. The molecule has 0 spiro atoms. The zero-order chi connectivity index (χ0) is 10.4. The van der Waals surface area contributed by atoms with Crippen molar-refractivity contribution in [1.29, 1.82) is 0 Å². The van der Waals surface area contributed by atoms with Crippen LogP contribution in [-0.2, 0) is 6.54 Å². The topological polar surface area (TPSA) is 38.1 Å². The van der Waals surface area contributed by atoms with Gasteiger partial charge in [-0.2, -0.15) is 4.98 Å². The molecule has 0 aliphatic carbocycles. The molecule has 4 nitrogen and oxygen atoms in total. The maximum atomic E-state index is 11.7. The van der Waals surface area contributed by atoms with E-state index in [1.54, 1.807) is 10.6 Å². The van der Waals surface area contributed by atoms with Gasteiger partial charge in [0.2, 0.25) is 0 Å². The van der Waals surface area contributed by atoms with Gasteiger partial charge in [0.1, 0.15) is 11.0 Å². The van der Waals surface area contributed by atoms with E-state index in [2.05, 4.69) is 9.88 Å². The first kappa shape index (κ1) is 9.21. The summed E-state index contributed by atoms with van der Waals surface area (Å²) in [4.78, 5) is 17.7. The third-order valence-corrected chi connectivity index (χ3v) is 3.44. The summed E-state index contributed by atoms with van der Waals surface area (Å²) in [6.45, 7) is 2.88. The molecule has 2 bridgehead atoms. The minimum atomic E-state index is -0.214. The molecule has 2 aliphatic rings. The van der Waals surface area contributed by atoms with Crippen LogP contribution in [-0.4, -0.2) is 22.6 Å². The van der Waals surface area contributed by atoms with Crippen molar-refractivity contribution in [3.63, 3.8) is 0 Å². The second kappa shape index (κ2) is 3.23. The lowest BCUT2D eigenvalue weighted by atomic mass is 9.96. The highest BCUT2D eigenvalue weighted by Gasteiger charge is 2.28. The lowest BCUT2D eigenvalue weighted by Crippen LogP contribution is -2.46. The molecule has 0 amide bonds. The first-order valence-electron chi connectivity index (χ1n) is 5.26. The highest BCUT2D eigenvalue weighted by Crippen LogP contribution is 2.29. The standard InChI is InChI=1S/C10H12ClN3O/c11-8-4-9-13-3-1-2-7(5-13)6-14(9)10(15)12-8/h4,7H,1-3,5-6H2/t7-/m1/s1. The minimum Gasteiger partial charge on any atom is -0.357 e. The van der Waals surface area contributed by atoms with Crippen molar-refractivity contribution in [1.82, 2.24) is 9.55 Å². The third kappa shape index (κ3) is 1.44. The van der Waals surface area contributed by atoms with E-state index in [0.29, 0.717) is 11.1 Å². The van der Waals surface area contributed by atoms with Crippen molar-refractivity contribution < 1.29 is 0 Å². The maximum Gasteiger partial charge on any atom is 0.350 e. The van der Waals surface area contributed by atoms with Crippen molar-refractivity contribution in [3.8, 4) is 0 Å². The van der Waals surface area contributed by atoms with Gasteiger partial charge in [0.05, 0.1) is 0 Å². The number of aromatic nitrogens is 2. The van der Waals surface area contributed by atoms with Crippen LogP contribution in [0.3, 0.4) is 0 Å². The summed E-state index contributed by atoms with van der Waals surface area (Å²) in [6, 6.07) is 1.80. The predicted octanol–water partition coefficient (Wildman–Crippen LogP) is 1.13. The van der Waals surface area contributed by atoms with Crippen molar-refractivity contribution in [2.75, 3.05) is 18.0 Å². The molecule has 1 aromatic rings. The number of piperidine rings is 1. The Morgan fingerprint density at radius 3 is 3.20 bits per heavy atom. The Labute approximate surface area is 92.5 Å². The van der Waals surface area contributed by atoms with E-state index in [4.69, 9.17) is 11.6 Å². The highest BCUT2D eigenvalue weighted by atomic mass is 35.5. The minimum absolute atomic E-state index is 0.214. The molecule has 0 aromatic carbocycles. The fraction of sp³-hybridized carbons (Fsp3) is 0.600. The Morgan fingerprint density at radius 2 is 2.33 bits per heavy atom. The van der Waals surface area contributed by atoms with Gasteiger partial charge in [0, 0.05) is 25.7 Å². The fourth-order valence-corrected chi connectivity index (χ4v) is 2.75.